The normalized spacial score (nSPS) is 15.5. The SMILES string of the molecule is Cc1cc(C)nc(N2CCN(c3ccccc3)CC2)n1. The molecule has 0 radical (unpaired) electrons. The number of piperazine rings is 1. The van der Waals surface area contributed by atoms with Gasteiger partial charge in [0, 0.05) is 43.3 Å². The molecule has 104 valence electrons. The quantitative estimate of drug-likeness (QED) is 0.837. The van der Waals surface area contributed by atoms with Gasteiger partial charge in [-0.05, 0) is 32.0 Å². The topological polar surface area (TPSA) is 32.3 Å². The molecule has 0 amide bonds. The highest BCUT2D eigenvalue weighted by Crippen LogP contribution is 2.18. The van der Waals surface area contributed by atoms with Gasteiger partial charge in [0.05, 0.1) is 0 Å². The maximum absolute atomic E-state index is 4.55. The number of benzene rings is 1. The van der Waals surface area contributed by atoms with Crippen LogP contribution in [0.15, 0.2) is 36.4 Å². The van der Waals surface area contributed by atoms with Crippen molar-refractivity contribution in [1.82, 2.24) is 9.97 Å². The van der Waals surface area contributed by atoms with Crippen LogP contribution in [0.2, 0.25) is 0 Å². The van der Waals surface area contributed by atoms with Gasteiger partial charge in [0.25, 0.3) is 0 Å². The summed E-state index contributed by atoms with van der Waals surface area (Å²) in [6.45, 7) is 8.02. The lowest BCUT2D eigenvalue weighted by Crippen LogP contribution is -2.47. The lowest BCUT2D eigenvalue weighted by atomic mass is 10.2. The molecule has 4 nitrogen and oxygen atoms in total. The van der Waals surface area contributed by atoms with E-state index in [0.717, 1.165) is 43.5 Å². The zero-order valence-electron chi connectivity index (χ0n) is 12.1. The summed E-state index contributed by atoms with van der Waals surface area (Å²) in [5, 5.41) is 0. The molecule has 2 heterocycles. The van der Waals surface area contributed by atoms with Crippen LogP contribution in [0.25, 0.3) is 0 Å². The van der Waals surface area contributed by atoms with Gasteiger partial charge in [-0.3, -0.25) is 0 Å². The number of aryl methyl sites for hydroxylation is 2. The van der Waals surface area contributed by atoms with Crippen LogP contribution < -0.4 is 9.80 Å². The summed E-state index contributed by atoms with van der Waals surface area (Å²) in [6.07, 6.45) is 0. The first-order valence-corrected chi connectivity index (χ1v) is 7.09. The van der Waals surface area contributed by atoms with E-state index in [9.17, 15) is 0 Å². The Morgan fingerprint density at radius 3 is 1.95 bits per heavy atom. The number of aromatic nitrogens is 2. The Labute approximate surface area is 120 Å². The predicted molar refractivity (Wildman–Crippen MR) is 82.4 cm³/mol. The van der Waals surface area contributed by atoms with Crippen molar-refractivity contribution in [3.05, 3.63) is 47.8 Å². The van der Waals surface area contributed by atoms with Crippen molar-refractivity contribution < 1.29 is 0 Å². The fraction of sp³-hybridized carbons (Fsp3) is 0.375. The molecule has 1 aromatic carbocycles. The molecule has 1 aliphatic heterocycles. The highest BCUT2D eigenvalue weighted by atomic mass is 15.3. The van der Waals surface area contributed by atoms with Crippen LogP contribution in [-0.4, -0.2) is 36.1 Å². The highest BCUT2D eigenvalue weighted by Gasteiger charge is 2.19. The first-order valence-electron chi connectivity index (χ1n) is 7.09. The van der Waals surface area contributed by atoms with Gasteiger partial charge in [-0.25, -0.2) is 9.97 Å². The molecule has 0 atom stereocenters. The Hall–Kier alpha value is -2.10. The van der Waals surface area contributed by atoms with Crippen LogP contribution in [0.4, 0.5) is 11.6 Å². The first-order chi connectivity index (χ1) is 9.72. The molecule has 4 heteroatoms. The molecule has 0 bridgehead atoms. The second-order valence-corrected chi connectivity index (χ2v) is 5.26. The van der Waals surface area contributed by atoms with Crippen LogP contribution in [-0.2, 0) is 0 Å². The van der Waals surface area contributed by atoms with Crippen LogP contribution in [0.3, 0.4) is 0 Å². The van der Waals surface area contributed by atoms with Gasteiger partial charge in [-0.1, -0.05) is 18.2 Å². The molecule has 0 aliphatic carbocycles. The Balaban J connectivity index is 1.69. The molecule has 20 heavy (non-hydrogen) atoms. The molecule has 1 aliphatic rings. The van der Waals surface area contributed by atoms with E-state index >= 15 is 0 Å². The summed E-state index contributed by atoms with van der Waals surface area (Å²) in [5.74, 6) is 0.871. The van der Waals surface area contributed by atoms with Gasteiger partial charge in [0.1, 0.15) is 0 Å². The van der Waals surface area contributed by atoms with E-state index in [1.807, 2.05) is 19.9 Å². The maximum Gasteiger partial charge on any atom is 0.225 e. The van der Waals surface area contributed by atoms with E-state index in [2.05, 4.69) is 50.1 Å². The Morgan fingerprint density at radius 2 is 1.35 bits per heavy atom. The smallest absolute Gasteiger partial charge is 0.225 e. The largest absolute Gasteiger partial charge is 0.368 e. The van der Waals surface area contributed by atoms with Crippen molar-refractivity contribution >= 4 is 11.6 Å². The molecule has 3 rings (SSSR count). The van der Waals surface area contributed by atoms with Crippen molar-refractivity contribution in [2.45, 2.75) is 13.8 Å². The van der Waals surface area contributed by atoms with Crippen molar-refractivity contribution in [1.29, 1.82) is 0 Å². The van der Waals surface area contributed by atoms with E-state index in [0.29, 0.717) is 0 Å². The Kier molecular flexibility index (Phi) is 3.54. The second kappa shape index (κ2) is 5.49. The summed E-state index contributed by atoms with van der Waals surface area (Å²) in [7, 11) is 0. The van der Waals surface area contributed by atoms with Crippen LogP contribution >= 0.6 is 0 Å². The number of rotatable bonds is 2. The lowest BCUT2D eigenvalue weighted by Gasteiger charge is -2.36. The molecule has 1 saturated heterocycles. The Bertz CT molecular complexity index is 554. The summed E-state index contributed by atoms with van der Waals surface area (Å²) in [4.78, 5) is 13.8. The number of hydrogen-bond acceptors (Lipinski definition) is 4. The molecule has 2 aromatic rings. The maximum atomic E-state index is 4.55. The van der Waals surface area contributed by atoms with Crippen molar-refractivity contribution in [3.8, 4) is 0 Å². The molecule has 0 spiro atoms. The summed E-state index contributed by atoms with van der Waals surface area (Å²) < 4.78 is 0. The van der Waals surface area contributed by atoms with Gasteiger partial charge >= 0.3 is 0 Å². The predicted octanol–water partition coefficient (Wildman–Crippen LogP) is 2.42. The summed E-state index contributed by atoms with van der Waals surface area (Å²) in [6, 6.07) is 12.6. The van der Waals surface area contributed by atoms with Crippen LogP contribution in [0.1, 0.15) is 11.4 Å². The van der Waals surface area contributed by atoms with E-state index < -0.39 is 0 Å². The number of anilines is 2. The highest BCUT2D eigenvalue weighted by molar-refractivity contribution is 5.48. The average Bonchev–Trinajstić information content (AvgIpc) is 2.47. The summed E-state index contributed by atoms with van der Waals surface area (Å²) in [5.41, 5.74) is 3.38. The summed E-state index contributed by atoms with van der Waals surface area (Å²) >= 11 is 0. The van der Waals surface area contributed by atoms with Crippen molar-refractivity contribution in [3.63, 3.8) is 0 Å². The van der Waals surface area contributed by atoms with Crippen LogP contribution in [0.5, 0.6) is 0 Å². The zero-order valence-corrected chi connectivity index (χ0v) is 12.1. The standard InChI is InChI=1S/C16H20N4/c1-13-12-14(2)18-16(17-13)20-10-8-19(9-11-20)15-6-4-3-5-7-15/h3-7,12H,8-11H2,1-2H3. The third kappa shape index (κ3) is 2.74. The van der Waals surface area contributed by atoms with Crippen molar-refractivity contribution in [2.75, 3.05) is 36.0 Å². The third-order valence-corrected chi connectivity index (χ3v) is 3.65. The fourth-order valence-corrected chi connectivity index (χ4v) is 2.65. The van der Waals surface area contributed by atoms with Gasteiger partial charge in [-0.2, -0.15) is 0 Å². The van der Waals surface area contributed by atoms with Gasteiger partial charge in [0.2, 0.25) is 5.95 Å². The monoisotopic (exact) mass is 268 g/mol. The number of nitrogens with zero attached hydrogens (tertiary/aromatic N) is 4. The lowest BCUT2D eigenvalue weighted by molar-refractivity contribution is 0.638. The minimum Gasteiger partial charge on any atom is -0.368 e. The van der Waals surface area contributed by atoms with E-state index in [1.165, 1.54) is 5.69 Å². The van der Waals surface area contributed by atoms with Crippen molar-refractivity contribution in [2.24, 2.45) is 0 Å². The van der Waals surface area contributed by atoms with Gasteiger partial charge < -0.3 is 9.80 Å². The van der Waals surface area contributed by atoms with Crippen LogP contribution in [0, 0.1) is 13.8 Å². The molecular weight excluding hydrogens is 248 g/mol. The molecule has 0 N–H and O–H groups in total. The third-order valence-electron chi connectivity index (χ3n) is 3.65. The molecule has 0 saturated carbocycles. The Morgan fingerprint density at radius 1 is 0.800 bits per heavy atom. The van der Waals surface area contributed by atoms with E-state index in [1.54, 1.807) is 0 Å². The minimum absolute atomic E-state index is 0.871. The molecule has 1 aromatic heterocycles. The van der Waals surface area contributed by atoms with E-state index in [-0.39, 0.29) is 0 Å². The fourth-order valence-electron chi connectivity index (χ4n) is 2.65. The number of hydrogen-bond donors (Lipinski definition) is 0. The molecule has 0 unspecified atom stereocenters. The van der Waals surface area contributed by atoms with Gasteiger partial charge in [0.15, 0.2) is 0 Å². The first kappa shape index (κ1) is 12.9. The average molecular weight is 268 g/mol. The van der Waals surface area contributed by atoms with Gasteiger partial charge in [-0.15, -0.1) is 0 Å². The molecule has 1 fully saturated rings. The zero-order chi connectivity index (χ0) is 13.9. The number of para-hydroxylation sites is 1. The molecular formula is C16H20N4. The second-order valence-electron chi connectivity index (χ2n) is 5.26. The van der Waals surface area contributed by atoms with E-state index in [4.69, 9.17) is 0 Å². The minimum atomic E-state index is 0.871.